The molecular weight excluding hydrogens is 310 g/mol. The van der Waals surface area contributed by atoms with Crippen molar-refractivity contribution in [2.24, 2.45) is 0 Å². The van der Waals surface area contributed by atoms with Crippen molar-refractivity contribution in [3.63, 3.8) is 0 Å². The SMILES string of the molecule is C=C([C@@H](OCC(=O)N(CC)CC)[C@H]1COC(C)(C)O1)[Si](C)(C)C. The predicted molar refractivity (Wildman–Crippen MR) is 95.1 cm³/mol. The highest BCUT2D eigenvalue weighted by Gasteiger charge is 2.41. The number of amides is 1. The standard InChI is InChI=1S/C17H33NO4Si/c1-9-18(10-2)15(19)12-20-16(13(3)23(6,7)8)14-11-21-17(4,5)22-14/h14,16H,3,9-12H2,1-2,4-8H3/t14-,16-/m1/s1. The zero-order valence-corrected chi connectivity index (χ0v) is 16.8. The van der Waals surface area contributed by atoms with Crippen LogP contribution in [0.15, 0.2) is 11.8 Å². The van der Waals surface area contributed by atoms with Crippen LogP contribution in [-0.2, 0) is 19.0 Å². The van der Waals surface area contributed by atoms with E-state index >= 15 is 0 Å². The lowest BCUT2D eigenvalue weighted by Crippen LogP contribution is -2.44. The van der Waals surface area contributed by atoms with Crippen LogP contribution in [0.5, 0.6) is 0 Å². The number of likely N-dealkylation sites (N-methyl/N-ethyl adjacent to an activating group) is 1. The van der Waals surface area contributed by atoms with Crippen LogP contribution < -0.4 is 0 Å². The maximum Gasteiger partial charge on any atom is 0.248 e. The van der Waals surface area contributed by atoms with Crippen molar-refractivity contribution in [3.8, 4) is 0 Å². The molecule has 0 spiro atoms. The van der Waals surface area contributed by atoms with E-state index in [9.17, 15) is 4.79 Å². The first-order chi connectivity index (χ1) is 10.5. The zero-order valence-electron chi connectivity index (χ0n) is 15.8. The highest BCUT2D eigenvalue weighted by molar-refractivity contribution is 6.83. The Labute approximate surface area is 142 Å². The summed E-state index contributed by atoms with van der Waals surface area (Å²) in [5.41, 5.74) is 0. The van der Waals surface area contributed by atoms with Gasteiger partial charge in [-0.05, 0) is 27.7 Å². The second-order valence-electron chi connectivity index (χ2n) is 7.44. The first-order valence-corrected chi connectivity index (χ1v) is 11.9. The van der Waals surface area contributed by atoms with E-state index in [1.807, 2.05) is 27.7 Å². The number of nitrogens with zero attached hydrogens (tertiary/aromatic N) is 1. The second kappa shape index (κ2) is 7.92. The number of hydrogen-bond acceptors (Lipinski definition) is 4. The Morgan fingerprint density at radius 2 is 1.91 bits per heavy atom. The molecule has 0 bridgehead atoms. The molecule has 5 nitrogen and oxygen atoms in total. The summed E-state index contributed by atoms with van der Waals surface area (Å²) in [5, 5.41) is 1.05. The number of rotatable bonds is 8. The fraction of sp³-hybridized carbons (Fsp3) is 0.824. The van der Waals surface area contributed by atoms with E-state index in [0.29, 0.717) is 19.7 Å². The summed E-state index contributed by atoms with van der Waals surface area (Å²) in [6, 6.07) is 0. The van der Waals surface area contributed by atoms with E-state index in [1.54, 1.807) is 4.90 Å². The minimum atomic E-state index is -1.63. The van der Waals surface area contributed by atoms with E-state index in [1.165, 1.54) is 0 Å². The Kier molecular flexibility index (Phi) is 7.01. The third kappa shape index (κ3) is 5.71. The Balaban J connectivity index is 2.81. The molecule has 0 N–H and O–H groups in total. The summed E-state index contributed by atoms with van der Waals surface area (Å²) in [5.74, 6) is -0.615. The van der Waals surface area contributed by atoms with Crippen LogP contribution >= 0.6 is 0 Å². The lowest BCUT2D eigenvalue weighted by molar-refractivity contribution is -0.156. The van der Waals surface area contributed by atoms with Crippen molar-refractivity contribution >= 4 is 14.0 Å². The van der Waals surface area contributed by atoms with Crippen molar-refractivity contribution in [2.45, 2.75) is 65.3 Å². The molecule has 0 aromatic rings. The molecule has 0 aliphatic carbocycles. The van der Waals surface area contributed by atoms with Gasteiger partial charge in [0.1, 0.15) is 18.8 Å². The number of ether oxygens (including phenoxy) is 3. The smallest absolute Gasteiger partial charge is 0.248 e. The van der Waals surface area contributed by atoms with Crippen LogP contribution in [0.25, 0.3) is 0 Å². The number of carbonyl (C=O) groups excluding carboxylic acids is 1. The molecule has 2 atom stereocenters. The molecule has 0 unspecified atom stereocenters. The molecule has 23 heavy (non-hydrogen) atoms. The minimum Gasteiger partial charge on any atom is -0.362 e. The summed E-state index contributed by atoms with van der Waals surface area (Å²) in [6.07, 6.45) is -0.517. The predicted octanol–water partition coefficient (Wildman–Crippen LogP) is 2.83. The molecule has 0 aromatic carbocycles. The summed E-state index contributed by atoms with van der Waals surface area (Å²) >= 11 is 0. The molecule has 0 saturated carbocycles. The fourth-order valence-corrected chi connectivity index (χ4v) is 3.68. The maximum atomic E-state index is 12.2. The van der Waals surface area contributed by atoms with E-state index in [4.69, 9.17) is 14.2 Å². The summed E-state index contributed by atoms with van der Waals surface area (Å²) in [7, 11) is -1.63. The van der Waals surface area contributed by atoms with Gasteiger partial charge in [-0.25, -0.2) is 0 Å². The lowest BCUT2D eigenvalue weighted by Gasteiger charge is -2.32. The molecule has 1 aliphatic rings. The van der Waals surface area contributed by atoms with Gasteiger partial charge in [0.25, 0.3) is 0 Å². The highest BCUT2D eigenvalue weighted by atomic mass is 28.3. The largest absolute Gasteiger partial charge is 0.362 e. The molecule has 1 rings (SSSR count). The highest BCUT2D eigenvalue weighted by Crippen LogP contribution is 2.30. The van der Waals surface area contributed by atoms with Gasteiger partial charge in [-0.15, -0.1) is 6.58 Å². The Morgan fingerprint density at radius 3 is 2.30 bits per heavy atom. The first kappa shape index (κ1) is 20.4. The van der Waals surface area contributed by atoms with Crippen molar-refractivity contribution in [1.29, 1.82) is 0 Å². The number of carbonyl (C=O) groups is 1. The summed E-state index contributed by atoms with van der Waals surface area (Å²) < 4.78 is 17.6. The van der Waals surface area contributed by atoms with Gasteiger partial charge < -0.3 is 19.1 Å². The Bertz CT molecular complexity index is 427. The first-order valence-electron chi connectivity index (χ1n) is 8.42. The van der Waals surface area contributed by atoms with Gasteiger partial charge in [0, 0.05) is 13.1 Å². The molecular formula is C17H33NO4Si. The van der Waals surface area contributed by atoms with Gasteiger partial charge in [-0.1, -0.05) is 24.8 Å². The lowest BCUT2D eigenvalue weighted by atomic mass is 10.2. The van der Waals surface area contributed by atoms with Crippen molar-refractivity contribution in [1.82, 2.24) is 4.90 Å². The van der Waals surface area contributed by atoms with Crippen LogP contribution in [0.3, 0.4) is 0 Å². The average molecular weight is 344 g/mol. The summed E-state index contributed by atoms with van der Waals surface area (Å²) in [4.78, 5) is 14.0. The Hall–Kier alpha value is -0.693. The molecule has 1 heterocycles. The van der Waals surface area contributed by atoms with Crippen LogP contribution in [0.1, 0.15) is 27.7 Å². The van der Waals surface area contributed by atoms with E-state index < -0.39 is 13.9 Å². The van der Waals surface area contributed by atoms with Crippen molar-refractivity contribution < 1.29 is 19.0 Å². The normalized spacial score (nSPS) is 22.0. The topological polar surface area (TPSA) is 48.0 Å². The fourth-order valence-electron chi connectivity index (χ4n) is 2.55. The van der Waals surface area contributed by atoms with Crippen LogP contribution in [0.2, 0.25) is 19.6 Å². The van der Waals surface area contributed by atoms with E-state index in [0.717, 1.165) is 5.20 Å². The average Bonchev–Trinajstić information content (AvgIpc) is 2.79. The van der Waals surface area contributed by atoms with Gasteiger partial charge in [0.2, 0.25) is 5.91 Å². The monoisotopic (exact) mass is 343 g/mol. The third-order valence-electron chi connectivity index (χ3n) is 4.18. The Morgan fingerprint density at radius 1 is 1.35 bits per heavy atom. The van der Waals surface area contributed by atoms with E-state index in [-0.39, 0.29) is 24.7 Å². The molecule has 1 saturated heterocycles. The van der Waals surface area contributed by atoms with Crippen LogP contribution in [0.4, 0.5) is 0 Å². The second-order valence-corrected chi connectivity index (χ2v) is 12.6. The van der Waals surface area contributed by atoms with Gasteiger partial charge in [-0.2, -0.15) is 0 Å². The molecule has 134 valence electrons. The minimum absolute atomic E-state index is 0.00144. The van der Waals surface area contributed by atoms with E-state index in [2.05, 4.69) is 26.2 Å². The van der Waals surface area contributed by atoms with Crippen LogP contribution in [0, 0.1) is 0 Å². The maximum absolute atomic E-state index is 12.2. The van der Waals surface area contributed by atoms with Crippen LogP contribution in [-0.4, -0.2) is 63.2 Å². The zero-order chi connectivity index (χ0) is 17.8. The van der Waals surface area contributed by atoms with Crippen molar-refractivity contribution in [2.75, 3.05) is 26.3 Å². The third-order valence-corrected chi connectivity index (χ3v) is 6.39. The molecule has 1 aliphatic heterocycles. The van der Waals surface area contributed by atoms with Crippen molar-refractivity contribution in [3.05, 3.63) is 11.8 Å². The van der Waals surface area contributed by atoms with Gasteiger partial charge in [0.15, 0.2) is 5.79 Å². The molecule has 0 aromatic heterocycles. The summed E-state index contributed by atoms with van der Waals surface area (Å²) in [6.45, 7) is 20.5. The van der Waals surface area contributed by atoms with Gasteiger partial charge >= 0.3 is 0 Å². The molecule has 0 radical (unpaired) electrons. The van der Waals surface area contributed by atoms with Gasteiger partial charge in [0.05, 0.1) is 14.7 Å². The quantitative estimate of drug-likeness (QED) is 0.636. The number of hydrogen-bond donors (Lipinski definition) is 0. The molecule has 6 heteroatoms. The molecule has 1 fully saturated rings. The van der Waals surface area contributed by atoms with Gasteiger partial charge in [-0.3, -0.25) is 4.79 Å². The molecule has 1 amide bonds.